The van der Waals surface area contributed by atoms with Crippen LogP contribution in [0.1, 0.15) is 30.0 Å². The Balaban J connectivity index is 1.64. The Hall–Kier alpha value is -3.49. The Kier molecular flexibility index (Phi) is 6.40. The number of hydrogen-bond acceptors (Lipinski definition) is 5. The monoisotopic (exact) mass is 490 g/mol. The van der Waals surface area contributed by atoms with Crippen molar-refractivity contribution in [2.45, 2.75) is 25.8 Å². The molecule has 1 spiro atoms. The first-order valence-electron chi connectivity index (χ1n) is 12.6. The number of fused-ring (bicyclic) bond motifs is 2. The standard InChI is InChI=1S/C28H31N3O5/c1-3-30-22-8-5-4-7-21(22)28(27(30)35)23(24(32)20-11-9-19(2)10-12-20)25(33)26(34)31(28)14-6-13-29-15-17-36-18-16-29/h4-5,7-12,32H,3,6,13-18H2,1-2H3/p+1/t28-/m0/s1. The molecular weight excluding hydrogens is 458 g/mol. The van der Waals surface area contributed by atoms with E-state index in [-0.39, 0.29) is 23.8 Å². The van der Waals surface area contributed by atoms with E-state index in [4.69, 9.17) is 4.74 Å². The number of likely N-dealkylation sites (tertiary alicyclic amines) is 1. The zero-order chi connectivity index (χ0) is 25.4. The number of hydrogen-bond donors (Lipinski definition) is 2. The van der Waals surface area contributed by atoms with Gasteiger partial charge in [0.2, 0.25) is 0 Å². The van der Waals surface area contributed by atoms with E-state index in [0.717, 1.165) is 25.2 Å². The molecule has 2 aromatic rings. The number of quaternary nitrogens is 1. The highest BCUT2D eigenvalue weighted by molar-refractivity contribution is 6.50. The van der Waals surface area contributed by atoms with E-state index in [1.54, 1.807) is 29.2 Å². The van der Waals surface area contributed by atoms with Crippen LogP contribution in [0.4, 0.5) is 5.69 Å². The number of carbonyl (C=O) groups excluding carboxylic acids is 3. The number of aliphatic hydroxyl groups is 1. The highest BCUT2D eigenvalue weighted by Crippen LogP contribution is 2.53. The minimum Gasteiger partial charge on any atom is -0.507 e. The molecule has 3 aliphatic rings. The van der Waals surface area contributed by atoms with Crippen molar-refractivity contribution in [3.8, 4) is 0 Å². The zero-order valence-electron chi connectivity index (χ0n) is 20.8. The molecule has 3 aliphatic heterocycles. The number of likely N-dealkylation sites (N-methyl/N-ethyl adjacent to an activating group) is 1. The SMILES string of the molecule is CCN1C(=O)[C@@]2(C(=C(O)c3ccc(C)cc3)C(=O)C(=O)N2CCC[NH+]2CCOCC2)c2ccccc21. The molecule has 5 rings (SSSR count). The molecule has 0 aliphatic carbocycles. The maximum atomic E-state index is 14.2. The molecule has 2 amide bonds. The van der Waals surface area contributed by atoms with Gasteiger partial charge in [-0.3, -0.25) is 14.4 Å². The number of carbonyl (C=O) groups is 3. The number of aliphatic hydroxyl groups excluding tert-OH is 1. The van der Waals surface area contributed by atoms with Crippen LogP contribution < -0.4 is 9.80 Å². The summed E-state index contributed by atoms with van der Waals surface area (Å²) in [7, 11) is 0. The summed E-state index contributed by atoms with van der Waals surface area (Å²) in [5.41, 5.74) is 0.774. The van der Waals surface area contributed by atoms with Crippen molar-refractivity contribution in [2.24, 2.45) is 0 Å². The minimum atomic E-state index is -1.68. The van der Waals surface area contributed by atoms with Gasteiger partial charge in [-0.25, -0.2) is 0 Å². The van der Waals surface area contributed by atoms with Gasteiger partial charge in [0, 0.05) is 30.6 Å². The van der Waals surface area contributed by atoms with Crippen molar-refractivity contribution in [3.05, 3.63) is 70.8 Å². The van der Waals surface area contributed by atoms with E-state index in [2.05, 4.69) is 0 Å². The van der Waals surface area contributed by atoms with Crippen LogP contribution in [-0.4, -0.2) is 73.5 Å². The van der Waals surface area contributed by atoms with Crippen molar-refractivity contribution >= 4 is 29.0 Å². The normalized spacial score (nSPS) is 23.7. The lowest BCUT2D eigenvalue weighted by atomic mass is 9.81. The fraction of sp³-hybridized carbons (Fsp3) is 0.393. The number of aryl methyl sites for hydroxylation is 1. The first-order chi connectivity index (χ1) is 17.4. The van der Waals surface area contributed by atoms with Gasteiger partial charge in [0.15, 0.2) is 5.54 Å². The number of para-hydroxylation sites is 1. The van der Waals surface area contributed by atoms with Crippen LogP contribution in [0.2, 0.25) is 0 Å². The van der Waals surface area contributed by atoms with E-state index in [9.17, 15) is 19.5 Å². The molecule has 0 saturated carbocycles. The summed E-state index contributed by atoms with van der Waals surface area (Å²) >= 11 is 0. The largest absolute Gasteiger partial charge is 0.507 e. The number of Topliss-reactive ketones (excluding diaryl/α,β-unsaturated/α-hetero) is 1. The number of benzene rings is 2. The van der Waals surface area contributed by atoms with Crippen LogP contribution >= 0.6 is 0 Å². The zero-order valence-corrected chi connectivity index (χ0v) is 20.8. The number of ketones is 1. The summed E-state index contributed by atoms with van der Waals surface area (Å²) in [6.45, 7) is 8.39. The number of nitrogens with one attached hydrogen (secondary N) is 1. The first-order valence-corrected chi connectivity index (χ1v) is 12.6. The summed E-state index contributed by atoms with van der Waals surface area (Å²) < 4.78 is 5.44. The third-order valence-corrected chi connectivity index (χ3v) is 7.56. The van der Waals surface area contributed by atoms with Crippen LogP contribution in [0.25, 0.3) is 5.76 Å². The van der Waals surface area contributed by atoms with Gasteiger partial charge in [-0.1, -0.05) is 48.0 Å². The molecule has 0 aromatic heterocycles. The summed E-state index contributed by atoms with van der Waals surface area (Å²) in [4.78, 5) is 45.7. The van der Waals surface area contributed by atoms with E-state index in [0.29, 0.717) is 43.0 Å². The molecule has 2 N–H and O–H groups in total. The van der Waals surface area contributed by atoms with Crippen LogP contribution in [0.3, 0.4) is 0 Å². The number of nitrogens with zero attached hydrogens (tertiary/aromatic N) is 2. The van der Waals surface area contributed by atoms with Gasteiger partial charge in [0.05, 0.1) is 31.0 Å². The van der Waals surface area contributed by atoms with Gasteiger partial charge in [0.25, 0.3) is 17.6 Å². The predicted molar refractivity (Wildman–Crippen MR) is 135 cm³/mol. The number of anilines is 1. The van der Waals surface area contributed by atoms with E-state index in [1.807, 2.05) is 38.1 Å². The molecule has 3 heterocycles. The molecule has 188 valence electrons. The molecule has 2 fully saturated rings. The molecule has 1 atom stereocenters. The molecule has 8 heteroatoms. The minimum absolute atomic E-state index is 0.150. The van der Waals surface area contributed by atoms with Crippen LogP contribution in [0.5, 0.6) is 0 Å². The summed E-state index contributed by atoms with van der Waals surface area (Å²) in [6.07, 6.45) is 0.621. The Morgan fingerprint density at radius 2 is 1.75 bits per heavy atom. The van der Waals surface area contributed by atoms with Crippen molar-refractivity contribution in [2.75, 3.05) is 50.8 Å². The summed E-state index contributed by atoms with van der Waals surface area (Å²) in [5, 5.41) is 11.5. The second-order valence-electron chi connectivity index (χ2n) is 9.62. The molecule has 0 unspecified atom stereocenters. The Morgan fingerprint density at radius 3 is 2.44 bits per heavy atom. The van der Waals surface area contributed by atoms with Gasteiger partial charge >= 0.3 is 0 Å². The van der Waals surface area contributed by atoms with Crippen LogP contribution in [-0.2, 0) is 24.7 Å². The topological polar surface area (TPSA) is 91.6 Å². The average Bonchev–Trinajstić information content (AvgIpc) is 3.27. The fourth-order valence-corrected chi connectivity index (χ4v) is 5.73. The maximum absolute atomic E-state index is 14.2. The number of morpholine rings is 1. The van der Waals surface area contributed by atoms with Crippen molar-refractivity contribution in [3.63, 3.8) is 0 Å². The first kappa shape index (κ1) is 24.2. The second kappa shape index (κ2) is 9.52. The van der Waals surface area contributed by atoms with Crippen LogP contribution in [0.15, 0.2) is 54.1 Å². The Labute approximate surface area is 210 Å². The van der Waals surface area contributed by atoms with Gasteiger partial charge < -0.3 is 24.5 Å². The van der Waals surface area contributed by atoms with E-state index >= 15 is 0 Å². The molecule has 2 aromatic carbocycles. The van der Waals surface area contributed by atoms with Crippen molar-refractivity contribution in [1.29, 1.82) is 0 Å². The summed E-state index contributed by atoms with van der Waals surface area (Å²) in [5.74, 6) is -2.27. The fourth-order valence-electron chi connectivity index (χ4n) is 5.73. The molecule has 2 saturated heterocycles. The lowest BCUT2D eigenvalue weighted by molar-refractivity contribution is -0.908. The van der Waals surface area contributed by atoms with Gasteiger partial charge in [0.1, 0.15) is 18.8 Å². The lowest BCUT2D eigenvalue weighted by Crippen LogP contribution is -3.14. The molecular formula is C28H32N3O5+. The third-order valence-electron chi connectivity index (χ3n) is 7.56. The smallest absolute Gasteiger partial charge is 0.296 e. The highest BCUT2D eigenvalue weighted by Gasteiger charge is 2.66. The van der Waals surface area contributed by atoms with Gasteiger partial charge in [-0.2, -0.15) is 0 Å². The average molecular weight is 491 g/mol. The van der Waals surface area contributed by atoms with E-state index in [1.165, 1.54) is 9.80 Å². The molecule has 8 nitrogen and oxygen atoms in total. The van der Waals surface area contributed by atoms with Gasteiger partial charge in [-0.05, 0) is 19.9 Å². The number of rotatable bonds is 6. The number of ether oxygens (including phenoxy) is 1. The second-order valence-corrected chi connectivity index (χ2v) is 9.62. The van der Waals surface area contributed by atoms with Gasteiger partial charge in [-0.15, -0.1) is 0 Å². The Morgan fingerprint density at radius 1 is 1.06 bits per heavy atom. The van der Waals surface area contributed by atoms with Crippen LogP contribution in [0, 0.1) is 6.92 Å². The number of amides is 2. The predicted octanol–water partition coefficient (Wildman–Crippen LogP) is 1.24. The third kappa shape index (κ3) is 3.63. The maximum Gasteiger partial charge on any atom is 0.296 e. The van der Waals surface area contributed by atoms with Crippen molar-refractivity contribution < 1.29 is 29.1 Å². The molecule has 36 heavy (non-hydrogen) atoms. The van der Waals surface area contributed by atoms with E-state index < -0.39 is 17.2 Å². The highest BCUT2D eigenvalue weighted by atomic mass is 16.5. The Bertz CT molecular complexity index is 1230. The molecule has 0 radical (unpaired) electrons. The molecule has 0 bridgehead atoms. The summed E-state index contributed by atoms with van der Waals surface area (Å²) in [6, 6.07) is 14.3. The van der Waals surface area contributed by atoms with Crippen molar-refractivity contribution in [1.82, 2.24) is 4.90 Å². The lowest BCUT2D eigenvalue weighted by Gasteiger charge is -2.35. The quantitative estimate of drug-likeness (QED) is 0.361.